The Hall–Kier alpha value is -3.90. The second-order valence-electron chi connectivity index (χ2n) is 7.78. The van der Waals surface area contributed by atoms with Crippen molar-refractivity contribution in [1.29, 1.82) is 0 Å². The lowest BCUT2D eigenvalue weighted by molar-refractivity contribution is -0.120. The van der Waals surface area contributed by atoms with Crippen LogP contribution in [0.5, 0.6) is 11.5 Å². The fourth-order valence-corrected chi connectivity index (χ4v) is 3.77. The van der Waals surface area contributed by atoms with Gasteiger partial charge in [0, 0.05) is 28.3 Å². The predicted octanol–water partition coefficient (Wildman–Crippen LogP) is 5.62. The Morgan fingerprint density at radius 1 is 1.06 bits per heavy atom. The van der Waals surface area contributed by atoms with E-state index in [-0.39, 0.29) is 24.1 Å². The van der Waals surface area contributed by atoms with E-state index in [9.17, 15) is 14.4 Å². The lowest BCUT2D eigenvalue weighted by atomic mass is 10.1. The Bertz CT molecular complexity index is 1270. The van der Waals surface area contributed by atoms with Gasteiger partial charge in [-0.25, -0.2) is 4.90 Å². The second-order valence-corrected chi connectivity index (χ2v) is 8.22. The van der Waals surface area contributed by atoms with Gasteiger partial charge in [-0.3, -0.25) is 14.4 Å². The third kappa shape index (κ3) is 5.18. The topological polar surface area (TPSA) is 75.7 Å². The van der Waals surface area contributed by atoms with Crippen molar-refractivity contribution in [3.8, 4) is 11.5 Å². The van der Waals surface area contributed by atoms with Crippen LogP contribution >= 0.6 is 11.6 Å². The molecule has 1 aliphatic heterocycles. The first-order valence-corrected chi connectivity index (χ1v) is 11.3. The maximum Gasteiger partial charge on any atom is 0.261 e. The largest absolute Gasteiger partial charge is 0.457 e. The number of imide groups is 1. The summed E-state index contributed by atoms with van der Waals surface area (Å²) >= 11 is 6.03. The van der Waals surface area contributed by atoms with Crippen LogP contribution in [0.15, 0.2) is 78.4 Å². The number of carbonyl (C=O) groups is 3. The number of rotatable bonds is 7. The molecule has 1 heterocycles. The van der Waals surface area contributed by atoms with E-state index in [1.54, 1.807) is 60.7 Å². The Labute approximate surface area is 202 Å². The predicted molar refractivity (Wildman–Crippen MR) is 132 cm³/mol. The van der Waals surface area contributed by atoms with E-state index in [2.05, 4.69) is 5.32 Å². The van der Waals surface area contributed by atoms with E-state index >= 15 is 0 Å². The van der Waals surface area contributed by atoms with E-state index in [0.29, 0.717) is 45.5 Å². The van der Waals surface area contributed by atoms with Crippen molar-refractivity contribution in [2.45, 2.75) is 19.8 Å². The van der Waals surface area contributed by atoms with Gasteiger partial charge in [-0.1, -0.05) is 42.8 Å². The van der Waals surface area contributed by atoms with Crippen LogP contribution in [0.1, 0.15) is 35.7 Å². The van der Waals surface area contributed by atoms with Crippen LogP contribution in [-0.2, 0) is 9.59 Å². The quantitative estimate of drug-likeness (QED) is 0.356. The minimum absolute atomic E-state index is 0.0126. The molecule has 0 bridgehead atoms. The first-order chi connectivity index (χ1) is 16.5. The highest BCUT2D eigenvalue weighted by molar-refractivity contribution is 6.32. The van der Waals surface area contributed by atoms with Crippen LogP contribution in [0, 0.1) is 0 Å². The van der Waals surface area contributed by atoms with Crippen LogP contribution in [0.3, 0.4) is 0 Å². The van der Waals surface area contributed by atoms with Gasteiger partial charge in [-0.15, -0.1) is 0 Å². The molecule has 0 radical (unpaired) electrons. The molecule has 7 heteroatoms. The highest BCUT2D eigenvalue weighted by Crippen LogP contribution is 2.32. The molecule has 3 aromatic rings. The summed E-state index contributed by atoms with van der Waals surface area (Å²) in [6.07, 6.45) is 2.53. The molecular formula is C27H23ClN2O4. The molecule has 0 spiro atoms. The van der Waals surface area contributed by atoms with Crippen molar-refractivity contribution >= 4 is 41.1 Å². The summed E-state index contributed by atoms with van der Waals surface area (Å²) in [5.41, 5.74) is 2.02. The third-order valence-electron chi connectivity index (χ3n) is 5.26. The number of nitrogens with one attached hydrogen (secondary N) is 1. The Balaban J connectivity index is 1.54. The number of hydrogen-bond donors (Lipinski definition) is 1. The molecule has 4 rings (SSSR count). The van der Waals surface area contributed by atoms with Gasteiger partial charge in [0.05, 0.1) is 12.1 Å². The van der Waals surface area contributed by atoms with Gasteiger partial charge in [0.1, 0.15) is 11.5 Å². The van der Waals surface area contributed by atoms with Crippen molar-refractivity contribution in [2.24, 2.45) is 0 Å². The molecule has 172 valence electrons. The minimum atomic E-state index is -0.385. The molecular weight excluding hydrogens is 452 g/mol. The highest BCUT2D eigenvalue weighted by Gasteiger charge is 2.35. The normalized spacial score (nSPS) is 14.5. The van der Waals surface area contributed by atoms with Gasteiger partial charge in [0.25, 0.3) is 11.8 Å². The molecule has 6 nitrogen and oxygen atoms in total. The van der Waals surface area contributed by atoms with Gasteiger partial charge in [0.15, 0.2) is 0 Å². The molecule has 1 N–H and O–H groups in total. The zero-order valence-corrected chi connectivity index (χ0v) is 19.3. The average Bonchev–Trinajstić information content (AvgIpc) is 3.11. The first kappa shape index (κ1) is 23.3. The van der Waals surface area contributed by atoms with E-state index in [1.165, 1.54) is 0 Å². The number of ether oxygens (including phenoxy) is 1. The maximum atomic E-state index is 13.0. The molecule has 1 saturated heterocycles. The summed E-state index contributed by atoms with van der Waals surface area (Å²) in [7, 11) is 0. The zero-order valence-electron chi connectivity index (χ0n) is 18.6. The maximum absolute atomic E-state index is 13.0. The number of para-hydroxylation sites is 1. The summed E-state index contributed by atoms with van der Waals surface area (Å²) in [6, 6.07) is 20.7. The number of nitrogens with zero attached hydrogens (tertiary/aromatic N) is 1. The fraction of sp³-hybridized carbons (Fsp3) is 0.148. The molecule has 34 heavy (non-hydrogen) atoms. The lowest BCUT2D eigenvalue weighted by Gasteiger charge is -2.13. The molecule has 0 atom stereocenters. The summed E-state index contributed by atoms with van der Waals surface area (Å²) < 4.78 is 6.02. The third-order valence-corrected chi connectivity index (χ3v) is 5.50. The smallest absolute Gasteiger partial charge is 0.261 e. The molecule has 0 aliphatic carbocycles. The van der Waals surface area contributed by atoms with Crippen molar-refractivity contribution in [3.05, 3.63) is 94.5 Å². The Morgan fingerprint density at radius 2 is 1.82 bits per heavy atom. The minimum Gasteiger partial charge on any atom is -0.457 e. The van der Waals surface area contributed by atoms with E-state index < -0.39 is 0 Å². The molecule has 0 aromatic heterocycles. The molecule has 1 fully saturated rings. The number of benzene rings is 3. The SMILES string of the molecule is CCCNC(=O)c1ccc(Oc2ccccc2/C=C2/CC(=O)N(c3cccc(Cl)c3)C2=O)cc1. The highest BCUT2D eigenvalue weighted by atomic mass is 35.5. The molecule has 1 aliphatic rings. The van der Waals surface area contributed by atoms with Gasteiger partial charge < -0.3 is 10.1 Å². The fourth-order valence-electron chi connectivity index (χ4n) is 3.59. The van der Waals surface area contributed by atoms with Gasteiger partial charge in [0.2, 0.25) is 5.91 Å². The van der Waals surface area contributed by atoms with Crippen LogP contribution in [0.2, 0.25) is 5.02 Å². The average molecular weight is 475 g/mol. The van der Waals surface area contributed by atoms with E-state index in [4.69, 9.17) is 16.3 Å². The second kappa shape index (κ2) is 10.4. The number of hydrogen-bond acceptors (Lipinski definition) is 4. The number of anilines is 1. The number of amides is 3. The molecule has 0 unspecified atom stereocenters. The van der Waals surface area contributed by atoms with Gasteiger partial charge >= 0.3 is 0 Å². The van der Waals surface area contributed by atoms with E-state index in [0.717, 1.165) is 11.3 Å². The number of halogens is 1. The van der Waals surface area contributed by atoms with Crippen molar-refractivity contribution in [3.63, 3.8) is 0 Å². The van der Waals surface area contributed by atoms with E-state index in [1.807, 2.05) is 25.1 Å². The van der Waals surface area contributed by atoms with Gasteiger partial charge in [-0.2, -0.15) is 0 Å². The number of carbonyl (C=O) groups excluding carboxylic acids is 3. The summed E-state index contributed by atoms with van der Waals surface area (Å²) in [5.74, 6) is 0.248. The standard InChI is InChI=1S/C27H23ClN2O4/c1-2-14-29-26(32)18-10-12-23(13-11-18)34-24-9-4-3-6-19(24)15-20-16-25(31)30(27(20)33)22-8-5-7-21(28)17-22/h3-13,15,17H,2,14,16H2,1H3,(H,29,32)/b20-15-. The van der Waals surface area contributed by atoms with Crippen molar-refractivity contribution < 1.29 is 19.1 Å². The Morgan fingerprint density at radius 3 is 2.56 bits per heavy atom. The van der Waals surface area contributed by atoms with Crippen molar-refractivity contribution in [1.82, 2.24) is 5.32 Å². The lowest BCUT2D eigenvalue weighted by Crippen LogP contribution is -2.28. The monoisotopic (exact) mass is 474 g/mol. The van der Waals surface area contributed by atoms with Crippen LogP contribution in [0.25, 0.3) is 6.08 Å². The summed E-state index contributed by atoms with van der Waals surface area (Å²) in [6.45, 7) is 2.61. The molecule has 3 amide bonds. The van der Waals surface area contributed by atoms with Crippen LogP contribution < -0.4 is 15.0 Å². The van der Waals surface area contributed by atoms with Crippen LogP contribution in [0.4, 0.5) is 5.69 Å². The van der Waals surface area contributed by atoms with Crippen LogP contribution in [-0.4, -0.2) is 24.3 Å². The Kier molecular flexibility index (Phi) is 7.09. The zero-order chi connectivity index (χ0) is 24.1. The summed E-state index contributed by atoms with van der Waals surface area (Å²) in [4.78, 5) is 38.8. The first-order valence-electron chi connectivity index (χ1n) is 10.9. The molecule has 3 aromatic carbocycles. The van der Waals surface area contributed by atoms with Gasteiger partial charge in [-0.05, 0) is 61.0 Å². The summed E-state index contributed by atoms with van der Waals surface area (Å²) in [5, 5.41) is 3.28. The molecule has 0 saturated carbocycles. The van der Waals surface area contributed by atoms with Crippen molar-refractivity contribution in [2.75, 3.05) is 11.4 Å².